The van der Waals surface area contributed by atoms with E-state index in [1.807, 2.05) is 6.07 Å². The van der Waals surface area contributed by atoms with Gasteiger partial charge in [0.25, 0.3) is 16.0 Å². The van der Waals surface area contributed by atoms with Crippen LogP contribution in [0.3, 0.4) is 0 Å². The average molecular weight is 394 g/mol. The number of carbonyl (C=O) groups excluding carboxylic acids is 1. The second kappa shape index (κ2) is 8.08. The molecule has 0 bridgehead atoms. The lowest BCUT2D eigenvalue weighted by Crippen LogP contribution is -2.11. The van der Waals surface area contributed by atoms with Crippen LogP contribution in [0, 0.1) is 0 Å². The van der Waals surface area contributed by atoms with E-state index >= 15 is 0 Å². The Balaban J connectivity index is 1.76. The van der Waals surface area contributed by atoms with E-state index in [9.17, 15) is 17.8 Å². The molecule has 0 heterocycles. The molecular formula is C21H18N2O4S. The van der Waals surface area contributed by atoms with Gasteiger partial charge in [-0.25, -0.2) is 0 Å². The summed E-state index contributed by atoms with van der Waals surface area (Å²) in [6.45, 7) is 0. The van der Waals surface area contributed by atoms with Gasteiger partial charge in [0, 0.05) is 16.9 Å². The first-order valence-corrected chi connectivity index (χ1v) is 9.78. The van der Waals surface area contributed by atoms with Crippen LogP contribution in [0.25, 0.3) is 12.2 Å². The zero-order valence-corrected chi connectivity index (χ0v) is 15.6. The quantitative estimate of drug-likeness (QED) is 0.345. The van der Waals surface area contributed by atoms with Crippen molar-refractivity contribution in [3.63, 3.8) is 0 Å². The zero-order chi connectivity index (χ0) is 20.1. The molecule has 0 saturated carbocycles. The molecule has 0 unspecified atom stereocenters. The maximum absolute atomic E-state index is 12.2. The van der Waals surface area contributed by atoms with Gasteiger partial charge < -0.3 is 11.1 Å². The summed E-state index contributed by atoms with van der Waals surface area (Å²) in [5.74, 6) is -0.205. The van der Waals surface area contributed by atoms with Gasteiger partial charge in [-0.1, -0.05) is 48.6 Å². The second-order valence-electron chi connectivity index (χ2n) is 6.05. The molecule has 0 aliphatic carbocycles. The van der Waals surface area contributed by atoms with Gasteiger partial charge in [-0.2, -0.15) is 8.42 Å². The minimum absolute atomic E-state index is 0.205. The third-order valence-electron chi connectivity index (χ3n) is 3.98. The minimum Gasteiger partial charge on any atom is -0.399 e. The fourth-order valence-electron chi connectivity index (χ4n) is 2.57. The van der Waals surface area contributed by atoms with E-state index in [1.165, 1.54) is 12.1 Å². The number of hydrogen-bond donors (Lipinski definition) is 3. The second-order valence-corrected chi connectivity index (χ2v) is 7.44. The molecule has 7 heteroatoms. The molecule has 0 aromatic heterocycles. The molecule has 4 N–H and O–H groups in total. The number of amides is 1. The summed E-state index contributed by atoms with van der Waals surface area (Å²) in [5, 5.41) is 2.81. The van der Waals surface area contributed by atoms with Crippen LogP contribution >= 0.6 is 0 Å². The van der Waals surface area contributed by atoms with E-state index in [1.54, 1.807) is 66.7 Å². The first-order chi connectivity index (χ1) is 13.3. The number of nitrogens with one attached hydrogen (secondary N) is 1. The number of carbonyl (C=O) groups is 1. The van der Waals surface area contributed by atoms with Crippen molar-refractivity contribution < 1.29 is 17.8 Å². The first-order valence-electron chi connectivity index (χ1n) is 8.34. The first kappa shape index (κ1) is 19.3. The van der Waals surface area contributed by atoms with Crippen molar-refractivity contribution in [2.75, 3.05) is 11.1 Å². The number of anilines is 2. The van der Waals surface area contributed by atoms with Crippen molar-refractivity contribution in [1.82, 2.24) is 0 Å². The van der Waals surface area contributed by atoms with Crippen LogP contribution in [-0.2, 0) is 10.1 Å². The minimum atomic E-state index is -4.39. The van der Waals surface area contributed by atoms with Gasteiger partial charge in [0.1, 0.15) is 4.90 Å². The van der Waals surface area contributed by atoms with Gasteiger partial charge >= 0.3 is 0 Å². The van der Waals surface area contributed by atoms with Gasteiger partial charge in [0.2, 0.25) is 0 Å². The lowest BCUT2D eigenvalue weighted by Gasteiger charge is -2.06. The van der Waals surface area contributed by atoms with Gasteiger partial charge in [-0.3, -0.25) is 9.35 Å². The molecule has 0 spiro atoms. The lowest BCUT2D eigenvalue weighted by molar-refractivity contribution is 0.102. The Kier molecular flexibility index (Phi) is 5.58. The van der Waals surface area contributed by atoms with E-state index in [0.717, 1.165) is 5.56 Å². The Morgan fingerprint density at radius 1 is 0.929 bits per heavy atom. The summed E-state index contributed by atoms with van der Waals surface area (Å²) in [6.07, 6.45) is 3.27. The summed E-state index contributed by atoms with van der Waals surface area (Å²) in [4.78, 5) is 11.9. The smallest absolute Gasteiger partial charge is 0.295 e. The van der Waals surface area contributed by atoms with Crippen LogP contribution in [0.2, 0.25) is 0 Å². The molecular weight excluding hydrogens is 376 g/mol. The molecule has 0 aliphatic heterocycles. The van der Waals surface area contributed by atoms with Crippen molar-refractivity contribution in [1.29, 1.82) is 0 Å². The summed E-state index contributed by atoms with van der Waals surface area (Å²) >= 11 is 0. The monoisotopic (exact) mass is 394 g/mol. The SMILES string of the molecule is Nc1ccc(C=Cc2ccc(NC(=O)c3ccccc3)cc2)c(S(=O)(=O)O)c1. The van der Waals surface area contributed by atoms with Gasteiger partial charge in [0.15, 0.2) is 0 Å². The summed E-state index contributed by atoms with van der Waals surface area (Å²) in [6, 6.07) is 20.2. The maximum Gasteiger partial charge on any atom is 0.295 e. The molecule has 28 heavy (non-hydrogen) atoms. The summed E-state index contributed by atoms with van der Waals surface area (Å²) in [7, 11) is -4.39. The van der Waals surface area contributed by atoms with Crippen molar-refractivity contribution in [3.8, 4) is 0 Å². The molecule has 0 aliphatic rings. The van der Waals surface area contributed by atoms with E-state index < -0.39 is 10.1 Å². The predicted molar refractivity (Wildman–Crippen MR) is 110 cm³/mol. The highest BCUT2D eigenvalue weighted by molar-refractivity contribution is 7.86. The lowest BCUT2D eigenvalue weighted by atomic mass is 10.1. The molecule has 3 rings (SSSR count). The third kappa shape index (κ3) is 4.85. The van der Waals surface area contributed by atoms with E-state index in [4.69, 9.17) is 5.73 Å². The Labute approximate surface area is 163 Å². The number of nitrogen functional groups attached to an aromatic ring is 1. The highest BCUT2D eigenvalue weighted by Crippen LogP contribution is 2.22. The van der Waals surface area contributed by atoms with Crippen molar-refractivity contribution in [2.45, 2.75) is 4.90 Å². The van der Waals surface area contributed by atoms with Gasteiger partial charge in [0.05, 0.1) is 0 Å². The predicted octanol–water partition coefficient (Wildman–Crippen LogP) is 3.94. The van der Waals surface area contributed by atoms with Crippen LogP contribution in [0.15, 0.2) is 77.7 Å². The average Bonchev–Trinajstić information content (AvgIpc) is 2.68. The summed E-state index contributed by atoms with van der Waals surface area (Å²) in [5.41, 5.74) is 8.14. The molecule has 0 saturated heterocycles. The number of hydrogen-bond acceptors (Lipinski definition) is 4. The van der Waals surface area contributed by atoms with Crippen molar-refractivity contribution >= 4 is 39.6 Å². The number of rotatable bonds is 5. The van der Waals surface area contributed by atoms with Crippen LogP contribution in [0.1, 0.15) is 21.5 Å². The van der Waals surface area contributed by atoms with Gasteiger partial charge in [-0.05, 0) is 47.5 Å². The fraction of sp³-hybridized carbons (Fsp3) is 0. The molecule has 0 atom stereocenters. The summed E-state index contributed by atoms with van der Waals surface area (Å²) < 4.78 is 32.4. The number of benzene rings is 3. The molecule has 142 valence electrons. The van der Waals surface area contributed by atoms with Crippen LogP contribution in [0.5, 0.6) is 0 Å². The van der Waals surface area contributed by atoms with Crippen LogP contribution in [-0.4, -0.2) is 18.9 Å². The zero-order valence-electron chi connectivity index (χ0n) is 14.7. The highest BCUT2D eigenvalue weighted by Gasteiger charge is 2.14. The fourth-order valence-corrected chi connectivity index (χ4v) is 3.29. The van der Waals surface area contributed by atoms with E-state index in [-0.39, 0.29) is 16.5 Å². The molecule has 0 fully saturated rings. The molecule has 3 aromatic carbocycles. The Bertz CT molecular complexity index is 1120. The highest BCUT2D eigenvalue weighted by atomic mass is 32.2. The maximum atomic E-state index is 12.2. The molecule has 6 nitrogen and oxygen atoms in total. The van der Waals surface area contributed by atoms with Crippen LogP contribution in [0.4, 0.5) is 11.4 Å². The number of nitrogens with two attached hydrogens (primary N) is 1. The Morgan fingerprint density at radius 3 is 2.25 bits per heavy atom. The van der Waals surface area contributed by atoms with Crippen molar-refractivity contribution in [2.24, 2.45) is 0 Å². The van der Waals surface area contributed by atoms with Crippen LogP contribution < -0.4 is 11.1 Å². The topological polar surface area (TPSA) is 109 Å². The van der Waals surface area contributed by atoms with Gasteiger partial charge in [-0.15, -0.1) is 0 Å². The molecule has 1 amide bonds. The van der Waals surface area contributed by atoms with E-state index in [0.29, 0.717) is 16.8 Å². The van der Waals surface area contributed by atoms with Crippen molar-refractivity contribution in [3.05, 3.63) is 89.5 Å². The standard InChI is InChI=1S/C21H18N2O4S/c22-18-11-10-16(20(14-18)28(25,26)27)9-6-15-7-12-19(13-8-15)23-21(24)17-4-2-1-3-5-17/h1-14H,22H2,(H,23,24)(H,25,26,27). The Hall–Kier alpha value is -3.42. The third-order valence-corrected chi connectivity index (χ3v) is 4.88. The molecule has 3 aromatic rings. The molecule has 0 radical (unpaired) electrons. The normalized spacial score (nSPS) is 11.5. The largest absolute Gasteiger partial charge is 0.399 e. The van der Waals surface area contributed by atoms with E-state index in [2.05, 4.69) is 5.32 Å². The Morgan fingerprint density at radius 2 is 1.61 bits per heavy atom.